The molecule has 0 aliphatic heterocycles. The fourth-order valence-corrected chi connectivity index (χ4v) is 11.0. The van der Waals surface area contributed by atoms with Crippen molar-refractivity contribution in [3.05, 3.63) is 195 Å². The summed E-state index contributed by atoms with van der Waals surface area (Å²) in [4.78, 5) is 25.1. The quantitative estimate of drug-likeness (QED) is 0.138. The van der Waals surface area contributed by atoms with Gasteiger partial charge in [-0.3, -0.25) is 15.0 Å². The van der Waals surface area contributed by atoms with E-state index in [-0.39, 0.29) is 0 Å². The van der Waals surface area contributed by atoms with Gasteiger partial charge in [-0.25, -0.2) is 0 Å². The minimum atomic E-state index is 1.10. The topological polar surface area (TPSA) is 41.9 Å². The van der Waals surface area contributed by atoms with Gasteiger partial charge in [0.25, 0.3) is 0 Å². The summed E-state index contributed by atoms with van der Waals surface area (Å²) in [5.41, 5.74) is 10.4. The van der Waals surface area contributed by atoms with Gasteiger partial charge in [0.1, 0.15) is 0 Å². The Kier molecular flexibility index (Phi) is 9.67. The molecular weight excluding hydrogens is 773 g/mol. The molecule has 0 amide bonds. The third-order valence-corrected chi connectivity index (χ3v) is 14.6. The molecule has 0 spiro atoms. The highest BCUT2D eigenvalue weighted by molar-refractivity contribution is 7.25. The van der Waals surface area contributed by atoms with E-state index in [1.54, 1.807) is 22.7 Å². The monoisotopic (exact) mass is 804 g/mol. The smallest absolute Gasteiger partial charge is 0.0462 e. The summed E-state index contributed by atoms with van der Waals surface area (Å²) >= 11 is 7.23. The molecule has 0 aliphatic rings. The normalized spacial score (nSPS) is 11.2. The molecule has 57 heavy (non-hydrogen) atoms. The second kappa shape index (κ2) is 15.7. The van der Waals surface area contributed by atoms with Crippen LogP contribution in [0.15, 0.2) is 195 Å². The molecule has 0 saturated heterocycles. The molecule has 7 aromatic heterocycles. The Bertz CT molecular complexity index is 2750. The van der Waals surface area contributed by atoms with Gasteiger partial charge in [-0.2, -0.15) is 0 Å². The maximum Gasteiger partial charge on any atom is 0.0462 e. The maximum absolute atomic E-state index is 4.31. The Morgan fingerprint density at radius 3 is 0.930 bits per heavy atom. The molecule has 4 nitrogen and oxygen atoms in total. The zero-order chi connectivity index (χ0) is 38.0. The molecule has 0 radical (unpaired) electrons. The molecule has 0 fully saturated rings. The summed E-state index contributed by atoms with van der Waals surface area (Å²) < 4.78 is 0. The number of aromatic nitrogens is 3. The van der Waals surface area contributed by atoms with Crippen LogP contribution in [-0.4, -0.2) is 15.0 Å². The van der Waals surface area contributed by atoms with Crippen LogP contribution in [0.4, 0.5) is 17.1 Å². The van der Waals surface area contributed by atoms with Crippen molar-refractivity contribution in [2.45, 2.75) is 0 Å². The van der Waals surface area contributed by atoms with Crippen molar-refractivity contribution in [3.8, 4) is 72.4 Å². The molecular formula is C49H32N4S4. The first-order valence-electron chi connectivity index (χ1n) is 18.4. The highest BCUT2D eigenvalue weighted by atomic mass is 32.1. The van der Waals surface area contributed by atoms with Crippen LogP contribution in [-0.2, 0) is 0 Å². The van der Waals surface area contributed by atoms with Gasteiger partial charge < -0.3 is 4.90 Å². The number of hydrogen-bond donors (Lipinski definition) is 0. The van der Waals surface area contributed by atoms with Crippen LogP contribution in [0.2, 0.25) is 0 Å². The minimum absolute atomic E-state index is 1.10. The number of thiophene rings is 4. The Morgan fingerprint density at radius 2 is 0.579 bits per heavy atom. The molecule has 0 N–H and O–H groups in total. The first-order valence-corrected chi connectivity index (χ1v) is 21.7. The van der Waals surface area contributed by atoms with Crippen molar-refractivity contribution in [1.29, 1.82) is 0 Å². The fraction of sp³-hybridized carbons (Fsp3) is 0. The lowest BCUT2D eigenvalue weighted by molar-refractivity contribution is 1.28. The number of benzene rings is 3. The van der Waals surface area contributed by atoms with Gasteiger partial charge in [-0.15, -0.1) is 45.3 Å². The van der Waals surface area contributed by atoms with E-state index < -0.39 is 0 Å². The highest BCUT2D eigenvalue weighted by Gasteiger charge is 2.16. The summed E-state index contributed by atoms with van der Waals surface area (Å²) in [6, 6.07) is 56.8. The molecule has 0 aliphatic carbocycles. The second-order valence-electron chi connectivity index (χ2n) is 13.4. The molecule has 8 heteroatoms. The van der Waals surface area contributed by atoms with Crippen LogP contribution in [0.1, 0.15) is 0 Å². The zero-order valence-corrected chi connectivity index (χ0v) is 33.7. The van der Waals surface area contributed by atoms with Crippen LogP contribution in [0.25, 0.3) is 72.4 Å². The van der Waals surface area contributed by atoms with E-state index in [4.69, 9.17) is 0 Å². The van der Waals surface area contributed by atoms with Gasteiger partial charge in [-0.05, 0) is 131 Å². The van der Waals surface area contributed by atoms with Crippen LogP contribution in [0.5, 0.6) is 0 Å². The third kappa shape index (κ3) is 7.39. The van der Waals surface area contributed by atoms with E-state index in [9.17, 15) is 0 Å². The van der Waals surface area contributed by atoms with Crippen LogP contribution >= 0.6 is 45.3 Å². The Balaban J connectivity index is 0.950. The number of anilines is 3. The zero-order valence-electron chi connectivity index (χ0n) is 30.4. The Labute approximate surface area is 347 Å². The van der Waals surface area contributed by atoms with Crippen molar-refractivity contribution in [2.75, 3.05) is 4.90 Å². The average Bonchev–Trinajstić information content (AvgIpc) is 4.13. The summed E-state index contributed by atoms with van der Waals surface area (Å²) in [6.07, 6.45) is 11.2. The predicted octanol–water partition coefficient (Wildman–Crippen LogP) is 15.3. The SMILES string of the molecule is c1cncc(-c2ccc(-c3ccc(N(c4ccc(-c5ccc(-c6cccnc6)s5)cc4)c4ccc(-c5ccc(-c6ccc(-c7ccncc7)s6)s5)cc4)cc3)s2)c1. The third-order valence-electron chi connectivity index (χ3n) is 9.75. The number of hydrogen-bond acceptors (Lipinski definition) is 8. The van der Waals surface area contributed by atoms with Gasteiger partial charge in [0.15, 0.2) is 0 Å². The van der Waals surface area contributed by atoms with Crippen molar-refractivity contribution in [2.24, 2.45) is 0 Å². The van der Waals surface area contributed by atoms with Crippen LogP contribution in [0.3, 0.4) is 0 Å². The number of pyridine rings is 3. The van der Waals surface area contributed by atoms with Gasteiger partial charge >= 0.3 is 0 Å². The summed E-state index contributed by atoms with van der Waals surface area (Å²) in [5.74, 6) is 0. The second-order valence-corrected chi connectivity index (χ2v) is 17.7. The van der Waals surface area contributed by atoms with Crippen molar-refractivity contribution in [3.63, 3.8) is 0 Å². The van der Waals surface area contributed by atoms with E-state index >= 15 is 0 Å². The molecule has 7 heterocycles. The molecule has 10 aromatic rings. The molecule has 0 atom stereocenters. The molecule has 0 unspecified atom stereocenters. The lowest BCUT2D eigenvalue weighted by atomic mass is 10.1. The Morgan fingerprint density at radius 1 is 0.263 bits per heavy atom. The van der Waals surface area contributed by atoms with Gasteiger partial charge in [0.2, 0.25) is 0 Å². The maximum atomic E-state index is 4.31. The summed E-state index contributed by atoms with van der Waals surface area (Å²) in [5, 5.41) is 0. The Hall–Kier alpha value is -6.29. The molecule has 0 bridgehead atoms. The number of nitrogens with zero attached hydrogens (tertiary/aromatic N) is 4. The average molecular weight is 805 g/mol. The van der Waals surface area contributed by atoms with E-state index in [1.807, 2.05) is 72.0 Å². The first-order chi connectivity index (χ1) is 28.2. The molecule has 3 aromatic carbocycles. The fourth-order valence-electron chi connectivity index (χ4n) is 6.85. The van der Waals surface area contributed by atoms with E-state index in [0.29, 0.717) is 0 Å². The summed E-state index contributed by atoms with van der Waals surface area (Å²) in [6.45, 7) is 0. The van der Waals surface area contributed by atoms with Gasteiger partial charge in [0.05, 0.1) is 0 Å². The predicted molar refractivity (Wildman–Crippen MR) is 244 cm³/mol. The number of rotatable bonds is 10. The van der Waals surface area contributed by atoms with E-state index in [1.165, 1.54) is 61.3 Å². The minimum Gasteiger partial charge on any atom is -0.311 e. The van der Waals surface area contributed by atoms with Crippen molar-refractivity contribution < 1.29 is 0 Å². The molecule has 0 saturated carbocycles. The summed E-state index contributed by atoms with van der Waals surface area (Å²) in [7, 11) is 0. The highest BCUT2D eigenvalue weighted by Crippen LogP contribution is 2.43. The molecule has 10 rings (SSSR count). The van der Waals surface area contributed by atoms with Gasteiger partial charge in [0, 0.05) is 104 Å². The van der Waals surface area contributed by atoms with Crippen LogP contribution in [0, 0.1) is 0 Å². The first kappa shape index (κ1) is 35.1. The molecule has 272 valence electrons. The van der Waals surface area contributed by atoms with Crippen LogP contribution < -0.4 is 4.90 Å². The van der Waals surface area contributed by atoms with E-state index in [0.717, 1.165) is 28.2 Å². The lowest BCUT2D eigenvalue weighted by Gasteiger charge is -2.26. The standard InChI is InChI=1S/C49H32N4S4/c1-3-37(31-51-27-1)46-19-17-42(54-46)33-5-11-39(12-6-33)53(40-13-7-34(8-14-40)43-18-20-47(55-43)38-4-2-28-52-32-38)41-15-9-35(10-16-41)44-21-23-48(56-44)49-24-22-45(57-49)36-25-29-50-30-26-36/h1-32H. The van der Waals surface area contributed by atoms with Crippen molar-refractivity contribution >= 4 is 62.4 Å². The van der Waals surface area contributed by atoms with E-state index in [2.05, 4.69) is 165 Å². The van der Waals surface area contributed by atoms with Crippen molar-refractivity contribution in [1.82, 2.24) is 15.0 Å². The van der Waals surface area contributed by atoms with Gasteiger partial charge in [-0.1, -0.05) is 48.5 Å². The lowest BCUT2D eigenvalue weighted by Crippen LogP contribution is -2.09. The largest absolute Gasteiger partial charge is 0.311 e.